The molecule has 0 saturated carbocycles. The molecule has 0 aliphatic heterocycles. The fourth-order valence-electron chi connectivity index (χ4n) is 1.94. The highest BCUT2D eigenvalue weighted by molar-refractivity contribution is 5.54. The number of hydrogen-bond donors (Lipinski definition) is 1. The Morgan fingerprint density at radius 1 is 1.44 bits per heavy atom. The molecule has 0 spiro atoms. The van der Waals surface area contributed by atoms with Crippen molar-refractivity contribution < 1.29 is 0 Å². The standard InChI is InChI=1S/C15H25N3/c1-6-10-18(15(3,4)5)14-8-9-17-12-13(14)11-16-7-2/h6,8-9,12,16H,1,7,10-11H2,2-5H3. The Morgan fingerprint density at radius 2 is 2.17 bits per heavy atom. The van der Waals surface area contributed by atoms with Gasteiger partial charge in [0.15, 0.2) is 0 Å². The van der Waals surface area contributed by atoms with Gasteiger partial charge in [0, 0.05) is 42.3 Å². The highest BCUT2D eigenvalue weighted by atomic mass is 15.2. The summed E-state index contributed by atoms with van der Waals surface area (Å²) in [5, 5.41) is 3.36. The molecule has 0 unspecified atom stereocenters. The first-order valence-electron chi connectivity index (χ1n) is 6.52. The summed E-state index contributed by atoms with van der Waals surface area (Å²) in [5.41, 5.74) is 2.53. The van der Waals surface area contributed by atoms with Gasteiger partial charge < -0.3 is 10.2 Å². The second-order valence-electron chi connectivity index (χ2n) is 5.35. The van der Waals surface area contributed by atoms with Crippen LogP contribution < -0.4 is 10.2 Å². The molecule has 3 nitrogen and oxygen atoms in total. The topological polar surface area (TPSA) is 28.2 Å². The average molecular weight is 247 g/mol. The summed E-state index contributed by atoms with van der Waals surface area (Å²) in [4.78, 5) is 6.59. The van der Waals surface area contributed by atoms with Gasteiger partial charge in [-0.05, 0) is 33.4 Å². The zero-order chi connectivity index (χ0) is 13.6. The largest absolute Gasteiger partial charge is 0.363 e. The first kappa shape index (κ1) is 14.7. The molecule has 0 aliphatic rings. The Labute approximate surface area is 111 Å². The fourth-order valence-corrected chi connectivity index (χ4v) is 1.94. The van der Waals surface area contributed by atoms with Crippen LogP contribution in [0, 0.1) is 0 Å². The van der Waals surface area contributed by atoms with E-state index in [2.05, 4.69) is 55.5 Å². The van der Waals surface area contributed by atoms with Crippen molar-refractivity contribution in [1.82, 2.24) is 10.3 Å². The van der Waals surface area contributed by atoms with Crippen molar-refractivity contribution in [2.45, 2.75) is 39.8 Å². The second kappa shape index (κ2) is 6.55. The molecule has 0 radical (unpaired) electrons. The van der Waals surface area contributed by atoms with E-state index < -0.39 is 0 Å². The van der Waals surface area contributed by atoms with Gasteiger partial charge in [-0.15, -0.1) is 6.58 Å². The van der Waals surface area contributed by atoms with Crippen LogP contribution in [0.25, 0.3) is 0 Å². The molecule has 18 heavy (non-hydrogen) atoms. The lowest BCUT2D eigenvalue weighted by atomic mass is 10.0. The van der Waals surface area contributed by atoms with Crippen LogP contribution in [0.1, 0.15) is 33.3 Å². The first-order chi connectivity index (χ1) is 8.50. The Kier molecular flexibility index (Phi) is 5.35. The van der Waals surface area contributed by atoms with Gasteiger partial charge in [-0.25, -0.2) is 0 Å². The molecule has 0 atom stereocenters. The molecule has 0 aliphatic carbocycles. The predicted octanol–water partition coefficient (Wildman–Crippen LogP) is 2.98. The molecule has 0 bridgehead atoms. The summed E-state index contributed by atoms with van der Waals surface area (Å²) in [6.07, 6.45) is 5.75. The van der Waals surface area contributed by atoms with Crippen molar-refractivity contribution >= 4 is 5.69 Å². The van der Waals surface area contributed by atoms with Crippen molar-refractivity contribution in [3.8, 4) is 0 Å². The highest BCUT2D eigenvalue weighted by Gasteiger charge is 2.22. The van der Waals surface area contributed by atoms with E-state index in [-0.39, 0.29) is 5.54 Å². The zero-order valence-electron chi connectivity index (χ0n) is 12.0. The Morgan fingerprint density at radius 3 is 2.72 bits per heavy atom. The quantitative estimate of drug-likeness (QED) is 0.783. The summed E-state index contributed by atoms with van der Waals surface area (Å²) in [6, 6.07) is 2.08. The van der Waals surface area contributed by atoms with E-state index in [1.807, 2.05) is 18.5 Å². The van der Waals surface area contributed by atoms with Crippen LogP contribution in [0.15, 0.2) is 31.1 Å². The van der Waals surface area contributed by atoms with Gasteiger partial charge in [-0.1, -0.05) is 13.0 Å². The van der Waals surface area contributed by atoms with Crippen molar-refractivity contribution in [3.63, 3.8) is 0 Å². The minimum absolute atomic E-state index is 0.0660. The van der Waals surface area contributed by atoms with E-state index in [0.29, 0.717) is 0 Å². The fraction of sp³-hybridized carbons (Fsp3) is 0.533. The van der Waals surface area contributed by atoms with Gasteiger partial charge in [-0.3, -0.25) is 4.98 Å². The molecule has 1 aromatic heterocycles. The van der Waals surface area contributed by atoms with Crippen LogP contribution in [0.5, 0.6) is 0 Å². The number of rotatable bonds is 6. The summed E-state index contributed by atoms with van der Waals surface area (Å²) in [5.74, 6) is 0. The molecular formula is C15H25N3. The molecule has 1 rings (SSSR count). The Balaban J connectivity index is 3.07. The van der Waals surface area contributed by atoms with E-state index in [0.717, 1.165) is 19.6 Å². The van der Waals surface area contributed by atoms with Crippen LogP contribution in [-0.2, 0) is 6.54 Å². The minimum Gasteiger partial charge on any atom is -0.363 e. The Bertz CT molecular complexity index is 380. The molecule has 0 saturated heterocycles. The number of pyridine rings is 1. The normalized spacial score (nSPS) is 11.3. The van der Waals surface area contributed by atoms with Gasteiger partial charge in [0.2, 0.25) is 0 Å². The molecule has 0 fully saturated rings. The monoisotopic (exact) mass is 247 g/mol. The third kappa shape index (κ3) is 3.84. The van der Waals surface area contributed by atoms with Gasteiger partial charge in [0.1, 0.15) is 0 Å². The molecule has 1 aromatic rings. The van der Waals surface area contributed by atoms with E-state index in [9.17, 15) is 0 Å². The Hall–Kier alpha value is -1.35. The van der Waals surface area contributed by atoms with Crippen molar-refractivity contribution in [3.05, 3.63) is 36.7 Å². The van der Waals surface area contributed by atoms with Gasteiger partial charge >= 0.3 is 0 Å². The summed E-state index contributed by atoms with van der Waals surface area (Å²) >= 11 is 0. The smallest absolute Gasteiger partial charge is 0.0449 e. The number of nitrogens with one attached hydrogen (secondary N) is 1. The third-order valence-corrected chi connectivity index (χ3v) is 2.86. The maximum atomic E-state index is 4.23. The maximum Gasteiger partial charge on any atom is 0.0449 e. The van der Waals surface area contributed by atoms with Crippen molar-refractivity contribution in [1.29, 1.82) is 0 Å². The van der Waals surface area contributed by atoms with E-state index in [4.69, 9.17) is 0 Å². The van der Waals surface area contributed by atoms with Crippen LogP contribution in [0.2, 0.25) is 0 Å². The van der Waals surface area contributed by atoms with Crippen LogP contribution in [-0.4, -0.2) is 23.6 Å². The third-order valence-electron chi connectivity index (χ3n) is 2.86. The van der Waals surface area contributed by atoms with Gasteiger partial charge in [0.25, 0.3) is 0 Å². The first-order valence-corrected chi connectivity index (χ1v) is 6.52. The number of anilines is 1. The molecule has 100 valence electrons. The summed E-state index contributed by atoms with van der Waals surface area (Å²) < 4.78 is 0. The molecule has 1 heterocycles. The zero-order valence-corrected chi connectivity index (χ0v) is 12.0. The SMILES string of the molecule is C=CCN(c1ccncc1CNCC)C(C)(C)C. The highest BCUT2D eigenvalue weighted by Crippen LogP contribution is 2.26. The van der Waals surface area contributed by atoms with Gasteiger partial charge in [0.05, 0.1) is 0 Å². The minimum atomic E-state index is 0.0660. The molecular weight excluding hydrogens is 222 g/mol. The average Bonchev–Trinajstić information content (AvgIpc) is 2.32. The number of nitrogens with zero attached hydrogens (tertiary/aromatic N) is 2. The molecule has 0 amide bonds. The lowest BCUT2D eigenvalue weighted by Crippen LogP contribution is -2.42. The number of hydrogen-bond acceptors (Lipinski definition) is 3. The van der Waals surface area contributed by atoms with Crippen LogP contribution in [0.3, 0.4) is 0 Å². The van der Waals surface area contributed by atoms with E-state index in [1.54, 1.807) is 0 Å². The van der Waals surface area contributed by atoms with E-state index >= 15 is 0 Å². The lowest BCUT2D eigenvalue weighted by Gasteiger charge is -2.38. The molecule has 3 heteroatoms. The lowest BCUT2D eigenvalue weighted by molar-refractivity contribution is 0.519. The predicted molar refractivity (Wildman–Crippen MR) is 78.9 cm³/mol. The van der Waals surface area contributed by atoms with Crippen molar-refractivity contribution in [2.75, 3.05) is 18.0 Å². The second-order valence-corrected chi connectivity index (χ2v) is 5.35. The van der Waals surface area contributed by atoms with Crippen molar-refractivity contribution in [2.24, 2.45) is 0 Å². The number of aromatic nitrogens is 1. The van der Waals surface area contributed by atoms with E-state index in [1.165, 1.54) is 11.3 Å². The van der Waals surface area contributed by atoms with Gasteiger partial charge in [-0.2, -0.15) is 0 Å². The molecule has 1 N–H and O–H groups in total. The summed E-state index contributed by atoms with van der Waals surface area (Å²) in [6.45, 7) is 15.3. The summed E-state index contributed by atoms with van der Waals surface area (Å²) in [7, 11) is 0. The maximum absolute atomic E-state index is 4.23. The van der Waals surface area contributed by atoms with Crippen LogP contribution in [0.4, 0.5) is 5.69 Å². The van der Waals surface area contributed by atoms with Crippen LogP contribution >= 0.6 is 0 Å². The molecule has 0 aromatic carbocycles.